The third-order valence-corrected chi connectivity index (χ3v) is 4.84. The minimum absolute atomic E-state index is 0.189. The van der Waals surface area contributed by atoms with Gasteiger partial charge in [-0.3, -0.25) is 0 Å². The number of rotatable bonds is 0. The Hall–Kier alpha value is -0.380. The summed E-state index contributed by atoms with van der Waals surface area (Å²) in [6, 6.07) is 6.50. The van der Waals surface area contributed by atoms with Gasteiger partial charge in [0.05, 0.1) is 0 Å². The molecule has 0 spiro atoms. The van der Waals surface area contributed by atoms with Crippen molar-refractivity contribution in [2.24, 2.45) is 0 Å². The summed E-state index contributed by atoms with van der Waals surface area (Å²) >= 11 is 7.13. The van der Waals surface area contributed by atoms with Gasteiger partial charge in [0, 0.05) is 4.47 Å². The number of allylic oxidation sites excluding steroid dienone is 2. The molecule has 0 bridgehead atoms. The van der Waals surface area contributed by atoms with E-state index in [9.17, 15) is 0 Å². The van der Waals surface area contributed by atoms with E-state index in [1.807, 2.05) is 0 Å². The molecule has 1 fully saturated rings. The van der Waals surface area contributed by atoms with Crippen LogP contribution in [0.2, 0.25) is 0 Å². The molecule has 3 heteroatoms. The van der Waals surface area contributed by atoms with E-state index in [2.05, 4.69) is 62.2 Å². The molecule has 0 saturated carbocycles. The van der Waals surface area contributed by atoms with E-state index in [1.165, 1.54) is 22.3 Å². The van der Waals surface area contributed by atoms with Crippen molar-refractivity contribution in [2.75, 3.05) is 0 Å². The van der Waals surface area contributed by atoms with Crippen molar-refractivity contribution in [1.82, 2.24) is 0 Å². The van der Waals surface area contributed by atoms with Gasteiger partial charge in [0.1, 0.15) is 6.10 Å². The highest BCUT2D eigenvalue weighted by Gasteiger charge is 2.57. The van der Waals surface area contributed by atoms with E-state index < -0.39 is 0 Å². The second-order valence-corrected chi connectivity index (χ2v) is 6.60. The molecule has 2 unspecified atom stereocenters. The zero-order chi connectivity index (χ0) is 10.9. The molecule has 1 aliphatic heterocycles. The standard InChI is InChI=1S/C13H8Br2O/c14-8-1-2-9-7(5-8)6-11-10(9)3-4-13(15)12(11)16-13/h1-5,12H,6H2. The van der Waals surface area contributed by atoms with E-state index in [0.29, 0.717) is 0 Å². The number of alkyl halides is 1. The summed E-state index contributed by atoms with van der Waals surface area (Å²) in [5.41, 5.74) is 5.54. The monoisotopic (exact) mass is 338 g/mol. The van der Waals surface area contributed by atoms with Crippen molar-refractivity contribution >= 4 is 37.4 Å². The number of ether oxygens (including phenoxy) is 1. The molecule has 80 valence electrons. The molecule has 0 aromatic heterocycles. The quantitative estimate of drug-likeness (QED) is 0.517. The van der Waals surface area contributed by atoms with E-state index in [-0.39, 0.29) is 10.6 Å². The van der Waals surface area contributed by atoms with Crippen LogP contribution in [-0.2, 0) is 11.2 Å². The zero-order valence-corrected chi connectivity index (χ0v) is 11.5. The maximum absolute atomic E-state index is 5.70. The van der Waals surface area contributed by atoms with Crippen LogP contribution in [0.4, 0.5) is 0 Å². The van der Waals surface area contributed by atoms with E-state index in [0.717, 1.165) is 10.9 Å². The molecule has 3 aliphatic rings. The van der Waals surface area contributed by atoms with Crippen molar-refractivity contribution in [2.45, 2.75) is 17.0 Å². The van der Waals surface area contributed by atoms with Crippen LogP contribution >= 0.6 is 31.9 Å². The lowest BCUT2D eigenvalue weighted by Crippen LogP contribution is -2.08. The lowest BCUT2D eigenvalue weighted by atomic mass is 9.98. The lowest BCUT2D eigenvalue weighted by Gasteiger charge is -2.07. The summed E-state index contributed by atoms with van der Waals surface area (Å²) in [4.78, 5) is 0. The fourth-order valence-electron chi connectivity index (χ4n) is 2.65. The van der Waals surface area contributed by atoms with Crippen LogP contribution in [0.3, 0.4) is 0 Å². The predicted octanol–water partition coefficient (Wildman–Crippen LogP) is 3.82. The Balaban J connectivity index is 1.87. The summed E-state index contributed by atoms with van der Waals surface area (Å²) in [6.45, 7) is 0. The van der Waals surface area contributed by atoms with Gasteiger partial charge < -0.3 is 4.74 Å². The Morgan fingerprint density at radius 2 is 2.25 bits per heavy atom. The van der Waals surface area contributed by atoms with Gasteiger partial charge in [-0.1, -0.05) is 28.1 Å². The minimum atomic E-state index is -0.189. The Bertz CT molecular complexity index is 573. The number of halogens is 2. The van der Waals surface area contributed by atoms with Crippen LogP contribution in [0.15, 0.2) is 40.4 Å². The summed E-state index contributed by atoms with van der Waals surface area (Å²) < 4.78 is 6.66. The average Bonchev–Trinajstić information content (AvgIpc) is 2.82. The van der Waals surface area contributed by atoms with E-state index >= 15 is 0 Å². The average molecular weight is 340 g/mol. The van der Waals surface area contributed by atoms with Crippen molar-refractivity contribution < 1.29 is 4.74 Å². The largest absolute Gasteiger partial charge is 0.345 e. The van der Waals surface area contributed by atoms with Gasteiger partial charge in [0.2, 0.25) is 0 Å². The van der Waals surface area contributed by atoms with Crippen molar-refractivity contribution in [3.8, 4) is 0 Å². The van der Waals surface area contributed by atoms with Gasteiger partial charge in [-0.2, -0.15) is 0 Å². The maximum Gasteiger partial charge on any atom is 0.172 e. The first-order valence-electron chi connectivity index (χ1n) is 5.25. The van der Waals surface area contributed by atoms with Crippen molar-refractivity contribution in [3.63, 3.8) is 0 Å². The topological polar surface area (TPSA) is 12.5 Å². The molecule has 2 aliphatic carbocycles. The zero-order valence-electron chi connectivity index (χ0n) is 8.34. The molecule has 1 aromatic carbocycles. The van der Waals surface area contributed by atoms with E-state index in [4.69, 9.17) is 4.74 Å². The van der Waals surface area contributed by atoms with E-state index in [1.54, 1.807) is 0 Å². The number of fused-ring (bicyclic) bond motifs is 4. The van der Waals surface area contributed by atoms with Crippen LogP contribution in [0.5, 0.6) is 0 Å². The fourth-order valence-corrected chi connectivity index (χ4v) is 3.66. The molecule has 0 radical (unpaired) electrons. The number of hydrogen-bond donors (Lipinski definition) is 0. The molecule has 1 heterocycles. The predicted molar refractivity (Wildman–Crippen MR) is 70.4 cm³/mol. The van der Waals surface area contributed by atoms with Gasteiger partial charge in [-0.05, 0) is 62.8 Å². The third kappa shape index (κ3) is 1.14. The van der Waals surface area contributed by atoms with Crippen LogP contribution in [-0.4, -0.2) is 10.6 Å². The Labute approximate surface area is 110 Å². The van der Waals surface area contributed by atoms with Gasteiger partial charge in [-0.15, -0.1) is 0 Å². The van der Waals surface area contributed by atoms with Crippen LogP contribution in [0.25, 0.3) is 5.57 Å². The first kappa shape index (κ1) is 9.63. The highest BCUT2D eigenvalue weighted by Crippen LogP contribution is 2.55. The van der Waals surface area contributed by atoms with Gasteiger partial charge in [0.25, 0.3) is 0 Å². The normalized spacial score (nSPS) is 33.5. The molecule has 1 nitrogen and oxygen atoms in total. The highest BCUT2D eigenvalue weighted by molar-refractivity contribution is 9.10. The van der Waals surface area contributed by atoms with Gasteiger partial charge in [0.15, 0.2) is 4.51 Å². The van der Waals surface area contributed by atoms with Crippen molar-refractivity contribution in [1.29, 1.82) is 0 Å². The first-order chi connectivity index (χ1) is 7.67. The Kier molecular flexibility index (Phi) is 1.74. The molecular formula is C13H8Br2O. The smallest absolute Gasteiger partial charge is 0.172 e. The Morgan fingerprint density at radius 1 is 1.38 bits per heavy atom. The second kappa shape index (κ2) is 2.89. The lowest BCUT2D eigenvalue weighted by molar-refractivity contribution is 0.397. The van der Waals surface area contributed by atoms with Crippen LogP contribution in [0.1, 0.15) is 11.1 Å². The molecule has 1 aromatic rings. The minimum Gasteiger partial charge on any atom is -0.345 e. The highest BCUT2D eigenvalue weighted by atomic mass is 79.9. The number of epoxide rings is 1. The van der Waals surface area contributed by atoms with Crippen LogP contribution < -0.4 is 0 Å². The first-order valence-corrected chi connectivity index (χ1v) is 6.84. The van der Waals surface area contributed by atoms with Crippen LogP contribution in [0, 0.1) is 0 Å². The molecule has 16 heavy (non-hydrogen) atoms. The molecular weight excluding hydrogens is 332 g/mol. The molecule has 2 atom stereocenters. The second-order valence-electron chi connectivity index (χ2n) is 4.45. The van der Waals surface area contributed by atoms with Gasteiger partial charge >= 0.3 is 0 Å². The summed E-state index contributed by atoms with van der Waals surface area (Å²) in [7, 11) is 0. The fraction of sp³-hybridized carbons (Fsp3) is 0.231. The number of benzene rings is 1. The summed E-state index contributed by atoms with van der Waals surface area (Å²) in [5, 5.41) is 0. The maximum atomic E-state index is 5.70. The molecule has 1 saturated heterocycles. The van der Waals surface area contributed by atoms with Crippen molar-refractivity contribution in [3.05, 3.63) is 51.5 Å². The molecule has 0 N–H and O–H groups in total. The Morgan fingerprint density at radius 3 is 3.12 bits per heavy atom. The van der Waals surface area contributed by atoms with Gasteiger partial charge in [-0.25, -0.2) is 0 Å². The SMILES string of the molecule is Brc1ccc2c(c1)CC1=C2C=CC2(Br)OC12. The summed E-state index contributed by atoms with van der Waals surface area (Å²) in [6.07, 6.45) is 5.58. The molecule has 4 rings (SSSR count). The number of hydrogen-bond acceptors (Lipinski definition) is 1. The molecule has 0 amide bonds. The third-order valence-electron chi connectivity index (χ3n) is 3.48. The summed E-state index contributed by atoms with van der Waals surface area (Å²) in [5.74, 6) is 0.